The highest BCUT2D eigenvalue weighted by atomic mass is 32.2. The topological polar surface area (TPSA) is 145 Å². The number of aliphatic hydroxyl groups is 1. The molecular weight excluding hydrogens is 608 g/mol. The van der Waals surface area contributed by atoms with Gasteiger partial charge in [0.05, 0.1) is 65.8 Å². The van der Waals surface area contributed by atoms with Crippen LogP contribution in [0.5, 0.6) is 5.75 Å². The first-order chi connectivity index (χ1) is 20.9. The standard InChI is InChI=1S/C29H32F4N4O6S/c1-2-44(40,41)23-9-3-18(4-10-23)25(16-38)26-24(27(34)39)14-35-28(36-26)37-15-22(13-20(37)17-42-12-11-30)43-21-7-5-19(6-8-21)29(31,32)33/h3-10,14,20,22,25,38H,2,11-13,15-17H2,1H3,(H2,34,39)/t20-,22+,25+/m0/s1. The fourth-order valence-electron chi connectivity index (χ4n) is 4.95. The summed E-state index contributed by atoms with van der Waals surface area (Å²) >= 11 is 0. The van der Waals surface area contributed by atoms with Crippen LogP contribution in [0.15, 0.2) is 59.6 Å². The minimum absolute atomic E-state index is 0.0555. The normalized spacial score (nSPS) is 17.9. The fraction of sp³-hybridized carbons (Fsp3) is 0.414. The summed E-state index contributed by atoms with van der Waals surface area (Å²) in [6.45, 7) is 0.395. The molecule has 0 unspecified atom stereocenters. The maximum absolute atomic E-state index is 13.0. The molecule has 3 atom stereocenters. The Morgan fingerprint density at radius 1 is 1.16 bits per heavy atom. The van der Waals surface area contributed by atoms with Gasteiger partial charge in [0.1, 0.15) is 18.5 Å². The zero-order valence-corrected chi connectivity index (χ0v) is 24.5. The smallest absolute Gasteiger partial charge is 0.416 e. The molecule has 2 aromatic carbocycles. The number of nitrogens with two attached hydrogens (primary N) is 1. The summed E-state index contributed by atoms with van der Waals surface area (Å²) in [5.41, 5.74) is 5.31. The fourth-order valence-corrected chi connectivity index (χ4v) is 5.84. The average Bonchev–Trinajstić information content (AvgIpc) is 3.39. The lowest BCUT2D eigenvalue weighted by molar-refractivity contribution is -0.137. The van der Waals surface area contributed by atoms with E-state index in [1.165, 1.54) is 49.5 Å². The molecule has 3 N–H and O–H groups in total. The molecule has 15 heteroatoms. The molecular formula is C29H32F4N4O6S. The van der Waals surface area contributed by atoms with Gasteiger partial charge in [-0.2, -0.15) is 13.2 Å². The van der Waals surface area contributed by atoms with Crippen LogP contribution in [0, 0.1) is 0 Å². The van der Waals surface area contributed by atoms with Gasteiger partial charge in [-0.05, 0) is 42.0 Å². The molecule has 1 aliphatic rings. The van der Waals surface area contributed by atoms with Gasteiger partial charge in [-0.1, -0.05) is 19.1 Å². The van der Waals surface area contributed by atoms with E-state index in [9.17, 15) is 35.9 Å². The number of rotatable bonds is 13. The van der Waals surface area contributed by atoms with Crippen molar-refractivity contribution >= 4 is 21.7 Å². The van der Waals surface area contributed by atoms with Crippen LogP contribution in [0.2, 0.25) is 0 Å². The minimum atomic E-state index is -4.49. The number of carbonyl (C=O) groups is 1. The number of aromatic nitrogens is 2. The lowest BCUT2D eigenvalue weighted by Crippen LogP contribution is -2.36. The third-order valence-electron chi connectivity index (χ3n) is 7.25. The van der Waals surface area contributed by atoms with Crippen molar-refractivity contribution in [2.24, 2.45) is 5.73 Å². The Morgan fingerprint density at radius 3 is 2.41 bits per heavy atom. The van der Waals surface area contributed by atoms with Crippen LogP contribution in [0.25, 0.3) is 0 Å². The van der Waals surface area contributed by atoms with E-state index in [0.29, 0.717) is 12.0 Å². The Labute approximate surface area is 251 Å². The van der Waals surface area contributed by atoms with Crippen LogP contribution >= 0.6 is 0 Å². The van der Waals surface area contributed by atoms with Gasteiger partial charge in [-0.15, -0.1) is 0 Å². The van der Waals surface area contributed by atoms with E-state index in [-0.39, 0.29) is 53.4 Å². The second kappa shape index (κ2) is 13.9. The van der Waals surface area contributed by atoms with Crippen molar-refractivity contribution in [1.82, 2.24) is 9.97 Å². The average molecular weight is 641 g/mol. The summed E-state index contributed by atoms with van der Waals surface area (Å²) in [6.07, 6.45) is -3.46. The Morgan fingerprint density at radius 2 is 1.84 bits per heavy atom. The van der Waals surface area contributed by atoms with Crippen LogP contribution in [-0.2, 0) is 20.8 Å². The first kappa shape index (κ1) is 33.1. The molecule has 0 aliphatic carbocycles. The third kappa shape index (κ3) is 7.63. The van der Waals surface area contributed by atoms with Gasteiger partial charge in [0.15, 0.2) is 9.84 Å². The van der Waals surface area contributed by atoms with Crippen molar-refractivity contribution in [3.8, 4) is 5.75 Å². The molecule has 0 bridgehead atoms. The van der Waals surface area contributed by atoms with Crippen LogP contribution in [0.4, 0.5) is 23.5 Å². The van der Waals surface area contributed by atoms with E-state index < -0.39 is 58.8 Å². The van der Waals surface area contributed by atoms with Gasteiger partial charge in [0.25, 0.3) is 5.91 Å². The Balaban J connectivity index is 1.65. The number of benzene rings is 2. The van der Waals surface area contributed by atoms with Gasteiger partial charge in [-0.3, -0.25) is 4.79 Å². The van der Waals surface area contributed by atoms with E-state index in [1.54, 1.807) is 4.90 Å². The largest absolute Gasteiger partial charge is 0.489 e. The second-order valence-electron chi connectivity index (χ2n) is 10.1. The number of primary amides is 1. The van der Waals surface area contributed by atoms with Crippen molar-refractivity contribution in [2.45, 2.75) is 42.5 Å². The third-order valence-corrected chi connectivity index (χ3v) is 9.00. The van der Waals surface area contributed by atoms with E-state index >= 15 is 0 Å². The summed E-state index contributed by atoms with van der Waals surface area (Å²) in [6, 6.07) is 9.70. The summed E-state index contributed by atoms with van der Waals surface area (Å²) in [7, 11) is -3.47. The minimum Gasteiger partial charge on any atom is -0.489 e. The molecule has 1 aromatic heterocycles. The lowest BCUT2D eigenvalue weighted by atomic mass is 9.93. The summed E-state index contributed by atoms with van der Waals surface area (Å²) < 4.78 is 87.6. The number of hydrogen-bond acceptors (Lipinski definition) is 9. The number of amides is 1. The molecule has 0 spiro atoms. The molecule has 0 saturated carbocycles. The number of sulfone groups is 1. The summed E-state index contributed by atoms with van der Waals surface area (Å²) in [5.74, 6) is -1.47. The van der Waals surface area contributed by atoms with E-state index in [1.807, 2.05) is 0 Å². The number of anilines is 1. The maximum Gasteiger partial charge on any atom is 0.416 e. The first-order valence-corrected chi connectivity index (χ1v) is 15.4. The lowest BCUT2D eigenvalue weighted by Gasteiger charge is -2.26. The van der Waals surface area contributed by atoms with Gasteiger partial charge in [0, 0.05) is 12.6 Å². The molecule has 2 heterocycles. The van der Waals surface area contributed by atoms with Crippen LogP contribution in [0.3, 0.4) is 0 Å². The molecule has 0 radical (unpaired) electrons. The molecule has 238 valence electrons. The molecule has 44 heavy (non-hydrogen) atoms. The van der Waals surface area contributed by atoms with Crippen molar-refractivity contribution in [3.63, 3.8) is 0 Å². The summed E-state index contributed by atoms with van der Waals surface area (Å²) in [5, 5.41) is 10.4. The van der Waals surface area contributed by atoms with Gasteiger partial charge in [-0.25, -0.2) is 22.8 Å². The number of aliphatic hydroxyl groups excluding tert-OH is 1. The highest BCUT2D eigenvalue weighted by Crippen LogP contribution is 2.33. The Hall–Kier alpha value is -3.82. The molecule has 10 nitrogen and oxygen atoms in total. The first-order valence-electron chi connectivity index (χ1n) is 13.7. The molecule has 1 saturated heterocycles. The van der Waals surface area contributed by atoms with Crippen LogP contribution in [0.1, 0.15) is 46.4 Å². The highest BCUT2D eigenvalue weighted by molar-refractivity contribution is 7.91. The zero-order valence-electron chi connectivity index (χ0n) is 23.7. The number of ether oxygens (including phenoxy) is 2. The molecule has 1 aliphatic heterocycles. The predicted molar refractivity (Wildman–Crippen MR) is 152 cm³/mol. The van der Waals surface area contributed by atoms with Crippen molar-refractivity contribution < 1.29 is 45.4 Å². The quantitative estimate of drug-likeness (QED) is 0.212. The van der Waals surface area contributed by atoms with E-state index in [4.69, 9.17) is 15.2 Å². The van der Waals surface area contributed by atoms with Gasteiger partial charge >= 0.3 is 6.18 Å². The Kier molecular flexibility index (Phi) is 10.4. The Bertz CT molecular complexity index is 1540. The molecule has 1 fully saturated rings. The SMILES string of the molecule is CCS(=O)(=O)c1ccc([C@@H](CO)c2nc(N3C[C@H](Oc4ccc(C(F)(F)F)cc4)C[C@H]3COCCF)ncc2C(N)=O)cc1. The number of carbonyl (C=O) groups excluding carboxylic acids is 1. The van der Waals surface area contributed by atoms with Crippen LogP contribution in [-0.4, -0.2) is 80.3 Å². The second-order valence-corrected chi connectivity index (χ2v) is 12.4. The predicted octanol–water partition coefficient (Wildman–Crippen LogP) is 3.52. The number of nitrogens with zero attached hydrogens (tertiary/aromatic N) is 3. The zero-order chi connectivity index (χ0) is 32.1. The van der Waals surface area contributed by atoms with E-state index in [2.05, 4.69) is 9.97 Å². The van der Waals surface area contributed by atoms with Gasteiger partial charge in [0.2, 0.25) is 5.95 Å². The highest BCUT2D eigenvalue weighted by Gasteiger charge is 2.37. The number of hydrogen-bond donors (Lipinski definition) is 2. The molecule has 1 amide bonds. The monoisotopic (exact) mass is 640 g/mol. The van der Waals surface area contributed by atoms with E-state index in [0.717, 1.165) is 12.1 Å². The molecule has 3 aromatic rings. The number of halogens is 4. The van der Waals surface area contributed by atoms with Crippen molar-refractivity contribution in [2.75, 3.05) is 43.7 Å². The van der Waals surface area contributed by atoms with Crippen LogP contribution < -0.4 is 15.4 Å². The van der Waals surface area contributed by atoms with Crippen molar-refractivity contribution in [3.05, 3.63) is 77.1 Å². The number of alkyl halides is 4. The summed E-state index contributed by atoms with van der Waals surface area (Å²) in [4.78, 5) is 23.1. The maximum atomic E-state index is 13.0. The molecule has 4 rings (SSSR count). The van der Waals surface area contributed by atoms with Gasteiger partial charge < -0.3 is 25.2 Å². The van der Waals surface area contributed by atoms with Crippen molar-refractivity contribution in [1.29, 1.82) is 0 Å².